The zero-order valence-electron chi connectivity index (χ0n) is 22.4. The fourth-order valence-corrected chi connectivity index (χ4v) is 4.27. The van der Waals surface area contributed by atoms with Gasteiger partial charge in [0.1, 0.15) is 5.52 Å². The van der Waals surface area contributed by atoms with E-state index < -0.39 is 0 Å². The number of carbonyl (C=O) groups is 1. The number of nitrogens with zero attached hydrogens (tertiary/aromatic N) is 6. The quantitative estimate of drug-likeness (QED) is 0.474. The van der Waals surface area contributed by atoms with Gasteiger partial charge in [0, 0.05) is 48.2 Å². The fraction of sp³-hybridized carbons (Fsp3) is 0.536. The maximum atomic E-state index is 12.7. The summed E-state index contributed by atoms with van der Waals surface area (Å²) < 4.78 is 2.01. The van der Waals surface area contributed by atoms with Crippen LogP contribution in [0, 0.1) is 23.2 Å². The second kappa shape index (κ2) is 12.0. The van der Waals surface area contributed by atoms with Crippen molar-refractivity contribution in [3.63, 3.8) is 0 Å². The van der Waals surface area contributed by atoms with Gasteiger partial charge in [-0.25, -0.2) is 9.97 Å². The minimum Gasteiger partial charge on any atom is -0.376 e. The highest BCUT2D eigenvalue weighted by Gasteiger charge is 2.25. The molecule has 1 aliphatic heterocycles. The third kappa shape index (κ3) is 6.76. The second-order valence-corrected chi connectivity index (χ2v) is 10.5. The van der Waals surface area contributed by atoms with Crippen molar-refractivity contribution < 1.29 is 4.79 Å². The predicted molar refractivity (Wildman–Crippen MR) is 145 cm³/mol. The number of fused-ring (bicyclic) bond motifs is 1. The van der Waals surface area contributed by atoms with Crippen LogP contribution in [0.1, 0.15) is 71.4 Å². The van der Waals surface area contributed by atoms with E-state index in [2.05, 4.69) is 60.2 Å². The summed E-state index contributed by atoms with van der Waals surface area (Å²) in [5.41, 5.74) is 4.96. The van der Waals surface area contributed by atoms with Crippen molar-refractivity contribution in [2.24, 2.45) is 11.8 Å². The molecule has 0 unspecified atom stereocenters. The van der Waals surface area contributed by atoms with Gasteiger partial charge in [0.05, 0.1) is 36.7 Å². The molecule has 3 aromatic rings. The molecule has 4 heterocycles. The Kier molecular flexibility index (Phi) is 8.59. The number of aromatic amines is 1. The Balaban J connectivity index is 0.000000747. The number of amides is 1. The second-order valence-electron chi connectivity index (χ2n) is 10.5. The highest BCUT2D eigenvalue weighted by Crippen LogP contribution is 2.35. The summed E-state index contributed by atoms with van der Waals surface area (Å²) in [4.78, 5) is 27.2. The van der Waals surface area contributed by atoms with Crippen LogP contribution in [0.5, 0.6) is 0 Å². The minimum atomic E-state index is 0.0486. The molecule has 0 radical (unpaired) electrons. The third-order valence-electron chi connectivity index (χ3n) is 6.36. The summed E-state index contributed by atoms with van der Waals surface area (Å²) in [7, 11) is 0. The first-order valence-electron chi connectivity index (χ1n) is 13.4. The lowest BCUT2D eigenvalue weighted by atomic mass is 9.98. The highest BCUT2D eigenvalue weighted by molar-refractivity contribution is 5.89. The Hall–Kier alpha value is -3.67. The van der Waals surface area contributed by atoms with Crippen molar-refractivity contribution in [3.8, 4) is 17.3 Å². The van der Waals surface area contributed by atoms with Crippen molar-refractivity contribution in [2.75, 3.05) is 19.6 Å². The number of allylic oxidation sites excluding steroid dienone is 1. The van der Waals surface area contributed by atoms with Crippen LogP contribution in [-0.2, 0) is 4.79 Å². The number of rotatable bonds is 7. The van der Waals surface area contributed by atoms with Gasteiger partial charge < -0.3 is 15.2 Å². The molecular formula is C28H38N8O. The van der Waals surface area contributed by atoms with Crippen LogP contribution in [0.2, 0.25) is 0 Å². The summed E-state index contributed by atoms with van der Waals surface area (Å²) in [6.07, 6.45) is 14.3. The van der Waals surface area contributed by atoms with Crippen molar-refractivity contribution in [1.82, 2.24) is 34.9 Å². The largest absolute Gasteiger partial charge is 0.376 e. The van der Waals surface area contributed by atoms with Gasteiger partial charge >= 0.3 is 0 Å². The molecular weight excluding hydrogens is 464 g/mol. The normalized spacial score (nSPS) is 16.4. The van der Waals surface area contributed by atoms with Crippen LogP contribution in [-0.4, -0.2) is 55.2 Å². The molecule has 9 heteroatoms. The average Bonchev–Trinajstić information content (AvgIpc) is 3.47. The Morgan fingerprint density at radius 2 is 1.97 bits per heavy atom. The topological polar surface area (TPSA) is 116 Å². The molecule has 0 atom stereocenters. The lowest BCUT2D eigenvalue weighted by molar-refractivity contribution is -0.131. The van der Waals surface area contributed by atoms with Crippen LogP contribution < -0.4 is 5.32 Å². The first-order valence-corrected chi connectivity index (χ1v) is 13.4. The van der Waals surface area contributed by atoms with Gasteiger partial charge in [0.15, 0.2) is 5.65 Å². The molecule has 2 fully saturated rings. The third-order valence-corrected chi connectivity index (χ3v) is 6.36. The number of likely N-dealkylation sites (tertiary alicyclic amines) is 1. The molecule has 196 valence electrons. The van der Waals surface area contributed by atoms with E-state index in [1.54, 1.807) is 6.20 Å². The lowest BCUT2D eigenvalue weighted by Gasteiger charge is -2.29. The molecule has 1 aliphatic carbocycles. The smallest absolute Gasteiger partial charge is 0.241 e. The van der Waals surface area contributed by atoms with Crippen molar-refractivity contribution >= 4 is 22.8 Å². The molecule has 1 saturated heterocycles. The van der Waals surface area contributed by atoms with E-state index >= 15 is 0 Å². The van der Waals surface area contributed by atoms with Crippen LogP contribution in [0.4, 0.5) is 0 Å². The molecule has 5 rings (SSSR count). The summed E-state index contributed by atoms with van der Waals surface area (Å²) in [5.74, 6) is 0.945. The molecule has 1 amide bonds. The number of hydrogen-bond acceptors (Lipinski definition) is 6. The van der Waals surface area contributed by atoms with Gasteiger partial charge in [-0.1, -0.05) is 33.8 Å². The highest BCUT2D eigenvalue weighted by atomic mass is 16.2. The SMILES string of the molecule is CC(C)C.CC/C=C(/NCC(=O)N1CCC(C#N)CC1)c1c[nH]c2ncc(-c3cnn(C4CC4)c3)nc12. The standard InChI is InChI=1S/C24H28N8O.C4H10/c1-2-3-20(26-14-22(33)31-8-6-16(10-25)7-9-31)19-12-27-24-23(19)30-21(13-28-24)17-11-29-32(15-17)18-4-5-18;1-4(2)3/h3,11-13,15-16,18,26H,2,4-9,14H2,1H3,(H,27,28);4H,1-3H3/b20-3+;. The number of carbonyl (C=O) groups excluding carboxylic acids is 1. The van der Waals surface area contributed by atoms with Gasteiger partial charge in [0.2, 0.25) is 5.91 Å². The first-order chi connectivity index (χ1) is 17.9. The molecule has 9 nitrogen and oxygen atoms in total. The maximum Gasteiger partial charge on any atom is 0.241 e. The molecule has 0 spiro atoms. The number of aromatic nitrogens is 5. The zero-order valence-corrected chi connectivity index (χ0v) is 22.4. The van der Waals surface area contributed by atoms with Crippen LogP contribution in [0.15, 0.2) is 30.9 Å². The van der Waals surface area contributed by atoms with Gasteiger partial charge in [-0.15, -0.1) is 0 Å². The van der Waals surface area contributed by atoms with E-state index in [9.17, 15) is 4.79 Å². The van der Waals surface area contributed by atoms with E-state index in [1.807, 2.05) is 28.2 Å². The maximum absolute atomic E-state index is 12.7. The average molecular weight is 503 g/mol. The number of H-pyrrole nitrogens is 1. The van der Waals surface area contributed by atoms with Crippen molar-refractivity contribution in [2.45, 2.75) is 65.8 Å². The summed E-state index contributed by atoms with van der Waals surface area (Å²) >= 11 is 0. The lowest BCUT2D eigenvalue weighted by Crippen LogP contribution is -2.42. The molecule has 37 heavy (non-hydrogen) atoms. The van der Waals surface area contributed by atoms with E-state index in [0.717, 1.165) is 53.2 Å². The van der Waals surface area contributed by atoms with Gasteiger partial charge in [-0.3, -0.25) is 9.48 Å². The molecule has 2 N–H and O–H groups in total. The molecule has 0 aromatic carbocycles. The Bertz CT molecular complexity index is 1270. The Labute approximate surface area is 219 Å². The van der Waals surface area contributed by atoms with E-state index in [0.29, 0.717) is 24.8 Å². The van der Waals surface area contributed by atoms with E-state index in [1.165, 1.54) is 12.8 Å². The zero-order chi connectivity index (χ0) is 26.4. The number of piperidine rings is 1. The van der Waals surface area contributed by atoms with Crippen LogP contribution in [0.3, 0.4) is 0 Å². The minimum absolute atomic E-state index is 0.0486. The first kappa shape index (κ1) is 26.4. The monoisotopic (exact) mass is 502 g/mol. The van der Waals surface area contributed by atoms with Crippen molar-refractivity contribution in [3.05, 3.63) is 36.4 Å². The van der Waals surface area contributed by atoms with Crippen LogP contribution in [0.25, 0.3) is 28.1 Å². The Morgan fingerprint density at radius 1 is 1.24 bits per heavy atom. The molecule has 3 aromatic heterocycles. The van der Waals surface area contributed by atoms with Crippen LogP contribution >= 0.6 is 0 Å². The Morgan fingerprint density at radius 3 is 2.62 bits per heavy atom. The number of nitrogens with one attached hydrogen (secondary N) is 2. The van der Waals surface area contributed by atoms with Crippen molar-refractivity contribution in [1.29, 1.82) is 5.26 Å². The van der Waals surface area contributed by atoms with Gasteiger partial charge in [0.25, 0.3) is 0 Å². The van der Waals surface area contributed by atoms with E-state index in [4.69, 9.17) is 10.2 Å². The molecule has 0 bridgehead atoms. The van der Waals surface area contributed by atoms with Gasteiger partial charge in [-0.05, 0) is 38.0 Å². The van der Waals surface area contributed by atoms with E-state index in [-0.39, 0.29) is 18.4 Å². The molecule has 1 saturated carbocycles. The summed E-state index contributed by atoms with van der Waals surface area (Å²) in [6, 6.07) is 2.83. The molecule has 2 aliphatic rings. The fourth-order valence-electron chi connectivity index (χ4n) is 4.27. The summed E-state index contributed by atoms with van der Waals surface area (Å²) in [6.45, 7) is 10.1. The number of hydrogen-bond donors (Lipinski definition) is 2. The van der Waals surface area contributed by atoms with Gasteiger partial charge in [-0.2, -0.15) is 10.4 Å². The number of nitriles is 1. The summed E-state index contributed by atoms with van der Waals surface area (Å²) in [5, 5.41) is 16.9. The predicted octanol–water partition coefficient (Wildman–Crippen LogP) is 4.92.